The van der Waals surface area contributed by atoms with Crippen molar-refractivity contribution in [1.82, 2.24) is 4.90 Å². The van der Waals surface area contributed by atoms with Crippen molar-refractivity contribution in [3.63, 3.8) is 0 Å². The van der Waals surface area contributed by atoms with Gasteiger partial charge >= 0.3 is 0 Å². The molecule has 0 saturated heterocycles. The van der Waals surface area contributed by atoms with Crippen LogP contribution in [0.15, 0.2) is 18.2 Å². The molecule has 0 bridgehead atoms. The number of hydrogen-bond acceptors (Lipinski definition) is 2. The molecular formula is C14H19Cl2NO2. The van der Waals surface area contributed by atoms with Crippen LogP contribution in [-0.2, 0) is 11.2 Å². The molecular weight excluding hydrogens is 285 g/mol. The van der Waals surface area contributed by atoms with E-state index in [1.807, 2.05) is 13.8 Å². The Morgan fingerprint density at radius 1 is 1.32 bits per heavy atom. The molecule has 1 aromatic rings. The van der Waals surface area contributed by atoms with Crippen molar-refractivity contribution in [3.05, 3.63) is 33.8 Å². The van der Waals surface area contributed by atoms with Crippen molar-refractivity contribution in [2.24, 2.45) is 0 Å². The lowest BCUT2D eigenvalue weighted by atomic mass is 10.1. The van der Waals surface area contributed by atoms with Gasteiger partial charge in [0.25, 0.3) is 0 Å². The van der Waals surface area contributed by atoms with Gasteiger partial charge in [-0.2, -0.15) is 0 Å². The summed E-state index contributed by atoms with van der Waals surface area (Å²) in [5.41, 5.74) is 0.842. The van der Waals surface area contributed by atoms with Crippen molar-refractivity contribution in [1.29, 1.82) is 0 Å². The number of rotatable bonds is 6. The fourth-order valence-electron chi connectivity index (χ4n) is 1.84. The average Bonchev–Trinajstić information content (AvgIpc) is 2.34. The molecule has 1 N–H and O–H groups in total. The summed E-state index contributed by atoms with van der Waals surface area (Å²) >= 11 is 11.8. The highest BCUT2D eigenvalue weighted by atomic mass is 35.5. The Balaban J connectivity index is 2.72. The molecule has 1 aromatic carbocycles. The maximum atomic E-state index is 12.2. The smallest absolute Gasteiger partial charge is 0.227 e. The zero-order valence-corrected chi connectivity index (χ0v) is 12.7. The van der Waals surface area contributed by atoms with Crippen LogP contribution < -0.4 is 0 Å². The average molecular weight is 304 g/mol. The van der Waals surface area contributed by atoms with E-state index in [-0.39, 0.29) is 18.6 Å². The molecule has 3 nitrogen and oxygen atoms in total. The third-order valence-corrected chi connectivity index (χ3v) is 3.58. The summed E-state index contributed by atoms with van der Waals surface area (Å²) in [6.07, 6.45) is 0.881. The zero-order chi connectivity index (χ0) is 14.4. The van der Waals surface area contributed by atoms with Crippen LogP contribution >= 0.6 is 23.2 Å². The van der Waals surface area contributed by atoms with Crippen LogP contribution in [0.3, 0.4) is 0 Å². The van der Waals surface area contributed by atoms with Gasteiger partial charge in [0.05, 0.1) is 16.5 Å². The third kappa shape index (κ3) is 5.01. The van der Waals surface area contributed by atoms with Gasteiger partial charge in [0, 0.05) is 19.2 Å². The Hall–Kier alpha value is -0.770. The summed E-state index contributed by atoms with van der Waals surface area (Å²) in [6.45, 7) is 4.58. The van der Waals surface area contributed by atoms with Crippen LogP contribution in [0.4, 0.5) is 0 Å². The molecule has 0 saturated carbocycles. The molecule has 0 unspecified atom stereocenters. The van der Waals surface area contributed by atoms with Gasteiger partial charge in [-0.25, -0.2) is 0 Å². The van der Waals surface area contributed by atoms with Crippen LogP contribution in [-0.4, -0.2) is 35.1 Å². The van der Waals surface area contributed by atoms with Gasteiger partial charge in [0.1, 0.15) is 0 Å². The van der Waals surface area contributed by atoms with Crippen molar-refractivity contribution >= 4 is 29.1 Å². The molecule has 0 radical (unpaired) electrons. The van der Waals surface area contributed by atoms with Crippen molar-refractivity contribution < 1.29 is 9.90 Å². The molecule has 1 amide bonds. The van der Waals surface area contributed by atoms with E-state index in [0.717, 1.165) is 5.56 Å². The van der Waals surface area contributed by atoms with Gasteiger partial charge in [-0.3, -0.25) is 4.79 Å². The van der Waals surface area contributed by atoms with Crippen molar-refractivity contribution in [2.75, 3.05) is 13.2 Å². The van der Waals surface area contributed by atoms with Crippen molar-refractivity contribution in [3.8, 4) is 0 Å². The number of benzene rings is 1. The monoisotopic (exact) mass is 303 g/mol. The van der Waals surface area contributed by atoms with Gasteiger partial charge in [-0.05, 0) is 38.0 Å². The molecule has 0 atom stereocenters. The number of amides is 1. The normalized spacial score (nSPS) is 10.8. The minimum atomic E-state index is 0.0295. The zero-order valence-electron chi connectivity index (χ0n) is 11.2. The summed E-state index contributed by atoms with van der Waals surface area (Å²) < 4.78 is 0. The van der Waals surface area contributed by atoms with E-state index in [1.54, 1.807) is 23.1 Å². The first kappa shape index (κ1) is 16.3. The van der Waals surface area contributed by atoms with Gasteiger partial charge in [-0.15, -0.1) is 0 Å². The summed E-state index contributed by atoms with van der Waals surface area (Å²) in [4.78, 5) is 14.0. The lowest BCUT2D eigenvalue weighted by Gasteiger charge is -2.26. The first-order valence-electron chi connectivity index (χ1n) is 6.30. The number of hydrogen-bond donors (Lipinski definition) is 1. The molecule has 0 aliphatic heterocycles. The highest BCUT2D eigenvalue weighted by Crippen LogP contribution is 2.23. The fourth-order valence-corrected chi connectivity index (χ4v) is 2.16. The van der Waals surface area contributed by atoms with E-state index >= 15 is 0 Å². The second kappa shape index (κ2) is 7.73. The fraction of sp³-hybridized carbons (Fsp3) is 0.500. The van der Waals surface area contributed by atoms with Crippen LogP contribution in [0.25, 0.3) is 0 Å². The number of nitrogens with zero attached hydrogens (tertiary/aromatic N) is 1. The Bertz CT molecular complexity index is 435. The molecule has 0 spiro atoms. The molecule has 106 valence electrons. The topological polar surface area (TPSA) is 40.5 Å². The predicted molar refractivity (Wildman–Crippen MR) is 78.7 cm³/mol. The number of aliphatic hydroxyl groups excluding tert-OH is 1. The van der Waals surface area contributed by atoms with Gasteiger partial charge in [0.2, 0.25) is 5.91 Å². The Morgan fingerprint density at radius 2 is 2.00 bits per heavy atom. The molecule has 0 aliphatic rings. The molecule has 19 heavy (non-hydrogen) atoms. The van der Waals surface area contributed by atoms with E-state index < -0.39 is 0 Å². The molecule has 0 heterocycles. The highest BCUT2D eigenvalue weighted by Gasteiger charge is 2.17. The first-order valence-corrected chi connectivity index (χ1v) is 7.05. The third-order valence-electron chi connectivity index (χ3n) is 2.84. The van der Waals surface area contributed by atoms with Gasteiger partial charge in [0.15, 0.2) is 0 Å². The van der Waals surface area contributed by atoms with Crippen LogP contribution in [0.2, 0.25) is 10.0 Å². The first-order chi connectivity index (χ1) is 8.95. The standard InChI is InChI=1S/C14H19Cl2NO2/c1-10(2)17(6-3-7-18)14(19)9-11-4-5-12(15)13(16)8-11/h4-5,8,10,18H,3,6-7,9H2,1-2H3. The minimum Gasteiger partial charge on any atom is -0.396 e. The number of halogens is 2. The summed E-state index contributed by atoms with van der Waals surface area (Å²) in [7, 11) is 0. The van der Waals surface area contributed by atoms with Crippen LogP contribution in [0.1, 0.15) is 25.8 Å². The van der Waals surface area contributed by atoms with Gasteiger partial charge in [-0.1, -0.05) is 29.3 Å². The largest absolute Gasteiger partial charge is 0.396 e. The lowest BCUT2D eigenvalue weighted by molar-refractivity contribution is -0.132. The molecule has 5 heteroatoms. The second-order valence-electron chi connectivity index (χ2n) is 4.68. The Kier molecular flexibility index (Phi) is 6.63. The molecule has 1 rings (SSSR count). The maximum absolute atomic E-state index is 12.2. The van der Waals surface area contributed by atoms with E-state index in [0.29, 0.717) is 29.4 Å². The second-order valence-corrected chi connectivity index (χ2v) is 5.50. The summed E-state index contributed by atoms with van der Waals surface area (Å²) in [5, 5.41) is 9.81. The van der Waals surface area contributed by atoms with E-state index in [1.165, 1.54) is 0 Å². The number of aliphatic hydroxyl groups is 1. The SMILES string of the molecule is CC(C)N(CCCO)C(=O)Cc1ccc(Cl)c(Cl)c1. The van der Waals surface area contributed by atoms with E-state index in [4.69, 9.17) is 28.3 Å². The summed E-state index contributed by atoms with van der Waals surface area (Å²) in [6, 6.07) is 5.32. The van der Waals surface area contributed by atoms with Gasteiger partial charge < -0.3 is 10.0 Å². The Labute approximate surface area is 124 Å². The summed E-state index contributed by atoms with van der Waals surface area (Å²) in [5.74, 6) is 0.0295. The van der Waals surface area contributed by atoms with Crippen LogP contribution in [0, 0.1) is 0 Å². The van der Waals surface area contributed by atoms with E-state index in [2.05, 4.69) is 0 Å². The lowest BCUT2D eigenvalue weighted by Crippen LogP contribution is -2.39. The molecule has 0 aromatic heterocycles. The minimum absolute atomic E-state index is 0.0295. The van der Waals surface area contributed by atoms with Crippen molar-refractivity contribution in [2.45, 2.75) is 32.7 Å². The Morgan fingerprint density at radius 3 is 2.53 bits per heavy atom. The predicted octanol–water partition coefficient (Wildman–Crippen LogP) is 3.16. The quantitative estimate of drug-likeness (QED) is 0.877. The maximum Gasteiger partial charge on any atom is 0.227 e. The van der Waals surface area contributed by atoms with E-state index in [9.17, 15) is 4.79 Å². The molecule has 0 fully saturated rings. The number of carbonyl (C=O) groups is 1. The number of carbonyl (C=O) groups excluding carboxylic acids is 1. The highest BCUT2D eigenvalue weighted by molar-refractivity contribution is 6.42. The van der Waals surface area contributed by atoms with Crippen LogP contribution in [0.5, 0.6) is 0 Å². The molecule has 0 aliphatic carbocycles.